The smallest absolute Gasteiger partial charge is 0.237 e. The lowest BCUT2D eigenvalue weighted by molar-refractivity contribution is -0.115. The molecule has 2 aromatic rings. The molecule has 0 aliphatic heterocycles. The number of amides is 1. The molecule has 0 saturated carbocycles. The monoisotopic (exact) mass is 345 g/mol. The SMILES string of the molecule is COc1ccc(CCS[C@H](C)C(=O)Nc2ccc(OC)cc2)cc1. The highest BCUT2D eigenvalue weighted by molar-refractivity contribution is 8.00. The topological polar surface area (TPSA) is 47.6 Å². The fraction of sp³-hybridized carbons (Fsp3) is 0.316. The summed E-state index contributed by atoms with van der Waals surface area (Å²) in [7, 11) is 3.28. The van der Waals surface area contributed by atoms with Gasteiger partial charge in [-0.2, -0.15) is 0 Å². The quantitative estimate of drug-likeness (QED) is 0.785. The van der Waals surface area contributed by atoms with E-state index in [1.165, 1.54) is 5.56 Å². The van der Waals surface area contributed by atoms with Crippen molar-refractivity contribution in [1.29, 1.82) is 0 Å². The highest BCUT2D eigenvalue weighted by Gasteiger charge is 2.13. The lowest BCUT2D eigenvalue weighted by Crippen LogP contribution is -2.22. The van der Waals surface area contributed by atoms with Crippen molar-refractivity contribution in [2.75, 3.05) is 25.3 Å². The number of benzene rings is 2. The molecule has 5 heteroatoms. The number of rotatable bonds is 8. The predicted molar refractivity (Wildman–Crippen MR) is 100 cm³/mol. The summed E-state index contributed by atoms with van der Waals surface area (Å²) in [6.45, 7) is 1.93. The zero-order chi connectivity index (χ0) is 17.4. The maximum atomic E-state index is 12.2. The number of hydrogen-bond donors (Lipinski definition) is 1. The number of ether oxygens (including phenoxy) is 2. The highest BCUT2D eigenvalue weighted by Crippen LogP contribution is 2.19. The van der Waals surface area contributed by atoms with Crippen LogP contribution in [-0.2, 0) is 11.2 Å². The first-order valence-electron chi connectivity index (χ1n) is 7.82. The van der Waals surface area contributed by atoms with Crippen LogP contribution in [-0.4, -0.2) is 31.1 Å². The second kappa shape index (κ2) is 9.23. The minimum absolute atomic E-state index is 0.0138. The number of hydrogen-bond acceptors (Lipinski definition) is 4. The molecule has 0 fully saturated rings. The van der Waals surface area contributed by atoms with Crippen molar-refractivity contribution in [1.82, 2.24) is 0 Å². The molecule has 0 spiro atoms. The van der Waals surface area contributed by atoms with Crippen molar-refractivity contribution in [3.05, 3.63) is 54.1 Å². The fourth-order valence-electron chi connectivity index (χ4n) is 2.14. The Balaban J connectivity index is 1.76. The molecule has 24 heavy (non-hydrogen) atoms. The number of aryl methyl sites for hydroxylation is 1. The van der Waals surface area contributed by atoms with Crippen LogP contribution >= 0.6 is 11.8 Å². The fourth-order valence-corrected chi connectivity index (χ4v) is 3.06. The van der Waals surface area contributed by atoms with Gasteiger partial charge >= 0.3 is 0 Å². The average Bonchev–Trinajstić information content (AvgIpc) is 2.62. The molecule has 128 valence electrons. The maximum absolute atomic E-state index is 12.2. The van der Waals surface area contributed by atoms with Gasteiger partial charge in [0, 0.05) is 5.69 Å². The van der Waals surface area contributed by atoms with Crippen LogP contribution in [0.2, 0.25) is 0 Å². The van der Waals surface area contributed by atoms with Crippen LogP contribution in [0.4, 0.5) is 5.69 Å². The first-order chi connectivity index (χ1) is 11.6. The van der Waals surface area contributed by atoms with Gasteiger partial charge in [0.05, 0.1) is 19.5 Å². The molecule has 2 aromatic carbocycles. The summed E-state index contributed by atoms with van der Waals surface area (Å²) in [6.07, 6.45) is 0.925. The summed E-state index contributed by atoms with van der Waals surface area (Å²) in [5.74, 6) is 2.54. The third-order valence-corrected chi connectivity index (χ3v) is 4.80. The Labute approximate surface area is 147 Å². The van der Waals surface area contributed by atoms with E-state index in [2.05, 4.69) is 17.4 Å². The van der Waals surface area contributed by atoms with Gasteiger partial charge < -0.3 is 14.8 Å². The van der Waals surface area contributed by atoms with Crippen molar-refractivity contribution in [2.24, 2.45) is 0 Å². The first-order valence-corrected chi connectivity index (χ1v) is 8.86. The molecule has 2 rings (SSSR count). The van der Waals surface area contributed by atoms with Crippen LogP contribution in [0.15, 0.2) is 48.5 Å². The van der Waals surface area contributed by atoms with Crippen LogP contribution in [0.1, 0.15) is 12.5 Å². The number of carbonyl (C=O) groups is 1. The number of anilines is 1. The third-order valence-electron chi connectivity index (χ3n) is 3.64. The van der Waals surface area contributed by atoms with Gasteiger partial charge in [-0.15, -0.1) is 11.8 Å². The van der Waals surface area contributed by atoms with Gasteiger partial charge in [-0.1, -0.05) is 12.1 Å². The van der Waals surface area contributed by atoms with E-state index in [1.54, 1.807) is 26.0 Å². The van der Waals surface area contributed by atoms with Crippen LogP contribution in [0.25, 0.3) is 0 Å². The van der Waals surface area contributed by atoms with Gasteiger partial charge in [0.1, 0.15) is 11.5 Å². The predicted octanol–water partition coefficient (Wildman–Crippen LogP) is 4.01. The molecule has 0 heterocycles. The molecule has 1 atom stereocenters. The van der Waals surface area contributed by atoms with E-state index in [0.717, 1.165) is 29.4 Å². The molecular weight excluding hydrogens is 322 g/mol. The van der Waals surface area contributed by atoms with Gasteiger partial charge in [-0.05, 0) is 61.1 Å². The summed E-state index contributed by atoms with van der Waals surface area (Å²) in [5, 5.41) is 2.82. The van der Waals surface area contributed by atoms with Gasteiger partial charge in [0.15, 0.2) is 0 Å². The zero-order valence-corrected chi connectivity index (χ0v) is 15.1. The third kappa shape index (κ3) is 5.49. The Kier molecular flexibility index (Phi) is 7.00. The van der Waals surface area contributed by atoms with E-state index in [0.29, 0.717) is 0 Å². The largest absolute Gasteiger partial charge is 0.497 e. The summed E-state index contributed by atoms with van der Waals surface area (Å²) >= 11 is 1.65. The molecule has 0 aliphatic rings. The molecule has 1 N–H and O–H groups in total. The van der Waals surface area contributed by atoms with Crippen LogP contribution < -0.4 is 14.8 Å². The van der Waals surface area contributed by atoms with E-state index in [-0.39, 0.29) is 11.2 Å². The van der Waals surface area contributed by atoms with Gasteiger partial charge in [-0.25, -0.2) is 0 Å². The Bertz CT molecular complexity index is 641. The molecular formula is C19H23NO3S. The van der Waals surface area contributed by atoms with Crippen molar-refractivity contribution < 1.29 is 14.3 Å². The summed E-state index contributed by atoms with van der Waals surface area (Å²) < 4.78 is 10.3. The van der Waals surface area contributed by atoms with Crippen LogP contribution in [0.3, 0.4) is 0 Å². The Hall–Kier alpha value is -2.14. The van der Waals surface area contributed by atoms with E-state index >= 15 is 0 Å². The standard InChI is InChI=1S/C19H23NO3S/c1-14(19(21)20-16-6-10-18(23-3)11-7-16)24-13-12-15-4-8-17(22-2)9-5-15/h4-11,14H,12-13H2,1-3H3,(H,20,21)/t14-/m1/s1. The van der Waals surface area contributed by atoms with E-state index in [9.17, 15) is 4.79 Å². The Morgan fingerprint density at radius 2 is 1.54 bits per heavy atom. The molecule has 0 unspecified atom stereocenters. The van der Waals surface area contributed by atoms with Gasteiger partial charge in [0.25, 0.3) is 0 Å². The average molecular weight is 345 g/mol. The zero-order valence-electron chi connectivity index (χ0n) is 14.2. The normalized spacial score (nSPS) is 11.6. The lowest BCUT2D eigenvalue weighted by Gasteiger charge is -2.12. The molecule has 0 aromatic heterocycles. The second-order valence-electron chi connectivity index (χ2n) is 5.33. The number of carbonyl (C=O) groups excluding carboxylic acids is 1. The molecule has 0 aliphatic carbocycles. The molecule has 4 nitrogen and oxygen atoms in total. The molecule has 0 bridgehead atoms. The summed E-state index contributed by atoms with van der Waals surface area (Å²) in [4.78, 5) is 12.2. The van der Waals surface area contributed by atoms with Crippen LogP contribution in [0.5, 0.6) is 11.5 Å². The molecule has 1 amide bonds. The Morgan fingerprint density at radius 1 is 1.00 bits per heavy atom. The van der Waals surface area contributed by atoms with Crippen molar-refractivity contribution >= 4 is 23.4 Å². The second-order valence-corrected chi connectivity index (χ2v) is 6.78. The highest BCUT2D eigenvalue weighted by atomic mass is 32.2. The van der Waals surface area contributed by atoms with Gasteiger partial charge in [-0.3, -0.25) is 4.79 Å². The summed E-state index contributed by atoms with van der Waals surface area (Å²) in [6, 6.07) is 15.4. The van der Waals surface area contributed by atoms with E-state index in [1.807, 2.05) is 43.3 Å². The first kappa shape index (κ1) is 18.2. The van der Waals surface area contributed by atoms with Gasteiger partial charge in [0.2, 0.25) is 5.91 Å². The number of methoxy groups -OCH3 is 2. The Morgan fingerprint density at radius 3 is 2.08 bits per heavy atom. The number of thioether (sulfide) groups is 1. The van der Waals surface area contributed by atoms with Crippen molar-refractivity contribution in [3.8, 4) is 11.5 Å². The van der Waals surface area contributed by atoms with E-state index < -0.39 is 0 Å². The minimum Gasteiger partial charge on any atom is -0.497 e. The molecule has 0 radical (unpaired) electrons. The molecule has 0 saturated heterocycles. The van der Waals surface area contributed by atoms with Crippen molar-refractivity contribution in [2.45, 2.75) is 18.6 Å². The van der Waals surface area contributed by atoms with Crippen molar-refractivity contribution in [3.63, 3.8) is 0 Å². The lowest BCUT2D eigenvalue weighted by atomic mass is 10.2. The van der Waals surface area contributed by atoms with E-state index in [4.69, 9.17) is 9.47 Å². The minimum atomic E-state index is -0.106. The summed E-state index contributed by atoms with van der Waals surface area (Å²) in [5.41, 5.74) is 2.02. The van der Waals surface area contributed by atoms with Crippen LogP contribution in [0, 0.1) is 0 Å². The number of nitrogens with one attached hydrogen (secondary N) is 1. The maximum Gasteiger partial charge on any atom is 0.237 e.